The Hall–Kier alpha value is -3.07. The van der Waals surface area contributed by atoms with Gasteiger partial charge in [-0.2, -0.15) is 13.2 Å². The number of halogens is 4. The number of aromatic nitrogens is 3. The maximum Gasteiger partial charge on any atom is 0.416 e. The number of H-pyrrole nitrogens is 1. The Balaban J connectivity index is 1.96. The van der Waals surface area contributed by atoms with Gasteiger partial charge in [0.15, 0.2) is 5.82 Å². The molecule has 1 N–H and O–H groups in total. The van der Waals surface area contributed by atoms with E-state index in [0.717, 1.165) is 23.5 Å². The zero-order valence-electron chi connectivity index (χ0n) is 13.3. The predicted molar refractivity (Wildman–Crippen MR) is 93.9 cm³/mol. The summed E-state index contributed by atoms with van der Waals surface area (Å²) in [6.07, 6.45) is -3.10. The Kier molecular flexibility index (Phi) is 4.03. The van der Waals surface area contributed by atoms with Gasteiger partial charge in [0.05, 0.1) is 11.1 Å². The van der Waals surface area contributed by atoms with Crippen LogP contribution in [-0.4, -0.2) is 15.0 Å². The molecule has 0 aliphatic carbocycles. The molecule has 3 aromatic heterocycles. The molecule has 1 aromatic carbocycles. The number of pyridine rings is 1. The average Bonchev–Trinajstić information content (AvgIpc) is 3.06. The number of fused-ring (bicyclic) bond motifs is 1. The van der Waals surface area contributed by atoms with Gasteiger partial charge in [0.2, 0.25) is 0 Å². The van der Waals surface area contributed by atoms with Gasteiger partial charge in [-0.05, 0) is 30.3 Å². The van der Waals surface area contributed by atoms with E-state index >= 15 is 0 Å². The average molecular weight is 391 g/mol. The van der Waals surface area contributed by atoms with Gasteiger partial charge in [0.25, 0.3) is 5.56 Å². The molecule has 0 radical (unpaired) electrons. The first-order valence-electron chi connectivity index (χ1n) is 7.64. The smallest absolute Gasteiger partial charge is 0.304 e. The molecule has 0 spiro atoms. The van der Waals surface area contributed by atoms with E-state index in [-0.39, 0.29) is 27.2 Å². The second kappa shape index (κ2) is 6.27. The third-order valence-corrected chi connectivity index (χ3v) is 4.89. The van der Waals surface area contributed by atoms with Crippen molar-refractivity contribution in [2.75, 3.05) is 0 Å². The Morgan fingerprint density at radius 2 is 1.89 bits per heavy atom. The summed E-state index contributed by atoms with van der Waals surface area (Å²) in [5.41, 5.74) is -1.07. The highest BCUT2D eigenvalue weighted by molar-refractivity contribution is 7.17. The van der Waals surface area contributed by atoms with Crippen LogP contribution in [0.4, 0.5) is 17.6 Å². The molecule has 0 unspecified atom stereocenters. The molecule has 27 heavy (non-hydrogen) atoms. The summed E-state index contributed by atoms with van der Waals surface area (Å²) >= 11 is 0.987. The van der Waals surface area contributed by atoms with Crippen LogP contribution >= 0.6 is 11.3 Å². The van der Waals surface area contributed by atoms with E-state index in [0.29, 0.717) is 11.8 Å². The lowest BCUT2D eigenvalue weighted by molar-refractivity contribution is -0.137. The first-order chi connectivity index (χ1) is 12.8. The number of alkyl halides is 3. The van der Waals surface area contributed by atoms with Crippen molar-refractivity contribution in [1.82, 2.24) is 15.0 Å². The standard InChI is InChI=1S/C18H9F4N3OS/c19-12-5-4-9(18(20,21)22)7-10(12)11-8-27-15-14(11)24-16(25-17(15)26)13-3-1-2-6-23-13/h1-8H,(H,24,25,26). The van der Waals surface area contributed by atoms with Crippen LogP contribution in [0.15, 0.2) is 52.8 Å². The van der Waals surface area contributed by atoms with Crippen molar-refractivity contribution < 1.29 is 17.6 Å². The fraction of sp³-hybridized carbons (Fsp3) is 0.0556. The molecule has 9 heteroatoms. The van der Waals surface area contributed by atoms with Gasteiger partial charge in [0.1, 0.15) is 16.2 Å². The van der Waals surface area contributed by atoms with E-state index in [9.17, 15) is 22.4 Å². The summed E-state index contributed by atoms with van der Waals surface area (Å²) in [7, 11) is 0. The quantitative estimate of drug-likeness (QED) is 0.496. The minimum absolute atomic E-state index is 0.127. The highest BCUT2D eigenvalue weighted by Crippen LogP contribution is 2.37. The number of hydrogen-bond acceptors (Lipinski definition) is 4. The number of thiophene rings is 1. The van der Waals surface area contributed by atoms with Crippen LogP contribution in [0.3, 0.4) is 0 Å². The molecule has 3 heterocycles. The number of nitrogens with one attached hydrogen (secondary N) is 1. The summed E-state index contributed by atoms with van der Waals surface area (Å²) < 4.78 is 53.5. The van der Waals surface area contributed by atoms with Crippen molar-refractivity contribution in [3.05, 3.63) is 69.7 Å². The molecule has 0 amide bonds. The molecule has 0 atom stereocenters. The lowest BCUT2D eigenvalue weighted by Crippen LogP contribution is -2.08. The third kappa shape index (κ3) is 3.10. The second-order valence-corrected chi connectivity index (χ2v) is 6.53. The fourth-order valence-electron chi connectivity index (χ4n) is 2.65. The first kappa shape index (κ1) is 17.3. The zero-order chi connectivity index (χ0) is 19.2. The van der Waals surface area contributed by atoms with Gasteiger partial charge >= 0.3 is 6.18 Å². The number of aromatic amines is 1. The maximum atomic E-state index is 14.3. The van der Waals surface area contributed by atoms with Crippen LogP contribution in [0.1, 0.15) is 5.56 Å². The van der Waals surface area contributed by atoms with Gasteiger partial charge < -0.3 is 4.98 Å². The van der Waals surface area contributed by atoms with Gasteiger partial charge in [-0.1, -0.05) is 6.07 Å². The molecular formula is C18H9F4N3OS. The van der Waals surface area contributed by atoms with Gasteiger partial charge in [0, 0.05) is 22.7 Å². The van der Waals surface area contributed by atoms with Crippen LogP contribution in [-0.2, 0) is 6.18 Å². The fourth-order valence-corrected chi connectivity index (χ4v) is 3.55. The van der Waals surface area contributed by atoms with Crippen molar-refractivity contribution in [3.63, 3.8) is 0 Å². The predicted octanol–water partition coefficient (Wildman–Crippen LogP) is 4.87. The lowest BCUT2D eigenvalue weighted by Gasteiger charge is -2.09. The van der Waals surface area contributed by atoms with Crippen molar-refractivity contribution in [1.29, 1.82) is 0 Å². The monoisotopic (exact) mass is 391 g/mol. The van der Waals surface area contributed by atoms with Crippen LogP contribution < -0.4 is 5.56 Å². The molecule has 0 aliphatic heterocycles. The molecule has 0 fully saturated rings. The van der Waals surface area contributed by atoms with Crippen molar-refractivity contribution in [2.24, 2.45) is 0 Å². The number of benzene rings is 1. The number of nitrogens with zero attached hydrogens (tertiary/aromatic N) is 2. The Morgan fingerprint density at radius 1 is 1.07 bits per heavy atom. The Morgan fingerprint density at radius 3 is 2.59 bits per heavy atom. The van der Waals surface area contributed by atoms with E-state index in [1.54, 1.807) is 18.2 Å². The topological polar surface area (TPSA) is 58.6 Å². The van der Waals surface area contributed by atoms with E-state index in [4.69, 9.17) is 0 Å². The Labute approximate surface area is 153 Å². The molecule has 0 aliphatic rings. The van der Waals surface area contributed by atoms with E-state index < -0.39 is 23.1 Å². The van der Waals surface area contributed by atoms with Crippen LogP contribution in [0.5, 0.6) is 0 Å². The molecule has 0 saturated heterocycles. The van der Waals surface area contributed by atoms with Gasteiger partial charge in [-0.25, -0.2) is 9.37 Å². The Bertz CT molecular complexity index is 1200. The minimum Gasteiger partial charge on any atom is -0.304 e. The number of hydrogen-bond donors (Lipinski definition) is 1. The third-order valence-electron chi connectivity index (χ3n) is 3.92. The van der Waals surface area contributed by atoms with Crippen molar-refractivity contribution in [3.8, 4) is 22.6 Å². The van der Waals surface area contributed by atoms with E-state index in [1.165, 1.54) is 11.6 Å². The van der Waals surface area contributed by atoms with Crippen molar-refractivity contribution >= 4 is 21.6 Å². The molecule has 4 aromatic rings. The largest absolute Gasteiger partial charge is 0.416 e. The highest BCUT2D eigenvalue weighted by Gasteiger charge is 2.31. The lowest BCUT2D eigenvalue weighted by atomic mass is 10.0. The molecular weight excluding hydrogens is 382 g/mol. The molecule has 4 rings (SSSR count). The minimum atomic E-state index is -4.61. The molecule has 4 nitrogen and oxygen atoms in total. The zero-order valence-corrected chi connectivity index (χ0v) is 14.2. The van der Waals surface area contributed by atoms with Crippen LogP contribution in [0, 0.1) is 5.82 Å². The molecule has 0 bridgehead atoms. The number of rotatable bonds is 2. The molecule has 0 saturated carbocycles. The summed E-state index contributed by atoms with van der Waals surface area (Å²) in [4.78, 5) is 23.3. The normalized spacial score (nSPS) is 11.9. The van der Waals surface area contributed by atoms with Crippen LogP contribution in [0.25, 0.3) is 32.9 Å². The summed E-state index contributed by atoms with van der Waals surface area (Å²) in [5, 5.41) is 1.42. The summed E-state index contributed by atoms with van der Waals surface area (Å²) in [5.74, 6) is -0.677. The van der Waals surface area contributed by atoms with Gasteiger partial charge in [-0.3, -0.25) is 9.78 Å². The van der Waals surface area contributed by atoms with Crippen LogP contribution in [0.2, 0.25) is 0 Å². The summed E-state index contributed by atoms with van der Waals surface area (Å²) in [6.45, 7) is 0. The van der Waals surface area contributed by atoms with E-state index in [1.807, 2.05) is 0 Å². The maximum absolute atomic E-state index is 14.3. The SMILES string of the molecule is O=c1[nH]c(-c2ccccn2)nc2c(-c3cc(C(F)(F)F)ccc3F)csc12. The first-order valence-corrected chi connectivity index (χ1v) is 8.52. The van der Waals surface area contributed by atoms with Crippen molar-refractivity contribution in [2.45, 2.75) is 6.18 Å². The van der Waals surface area contributed by atoms with E-state index in [2.05, 4.69) is 15.0 Å². The molecule has 136 valence electrons. The summed E-state index contributed by atoms with van der Waals surface area (Å²) in [6, 6.07) is 7.17. The second-order valence-electron chi connectivity index (χ2n) is 5.65. The van der Waals surface area contributed by atoms with Gasteiger partial charge in [-0.15, -0.1) is 11.3 Å². The highest BCUT2D eigenvalue weighted by atomic mass is 32.1.